The van der Waals surface area contributed by atoms with Crippen molar-refractivity contribution in [1.82, 2.24) is 0 Å². The number of Topliss-reactive ketones (excluding diaryl/α,β-unsaturated/α-hetero) is 1. The molecule has 0 aromatic heterocycles. The maximum atomic E-state index is 12.6. The van der Waals surface area contributed by atoms with Crippen LogP contribution in [0.2, 0.25) is 0 Å². The van der Waals surface area contributed by atoms with Crippen LogP contribution >= 0.6 is 0 Å². The van der Waals surface area contributed by atoms with E-state index in [1.165, 1.54) is 7.11 Å². The van der Waals surface area contributed by atoms with E-state index in [1.807, 2.05) is 13.8 Å². The Bertz CT molecular complexity index is 480. The van der Waals surface area contributed by atoms with Gasteiger partial charge in [0.2, 0.25) is 0 Å². The molecule has 0 bridgehead atoms. The molecule has 1 aliphatic carbocycles. The molecule has 25 heavy (non-hydrogen) atoms. The Kier molecular flexibility index (Phi) is 9.41. The third-order valence-electron chi connectivity index (χ3n) is 5.74. The normalized spacial score (nSPS) is 23.4. The molecule has 0 aromatic carbocycles. The second kappa shape index (κ2) is 10.7. The first kappa shape index (κ1) is 21.9. The number of carbonyl (C=O) groups excluding carboxylic acids is 2. The molecular formula is C21H36O4. The zero-order valence-electron chi connectivity index (χ0n) is 16.5. The number of ether oxygens (including phenoxy) is 1. The van der Waals surface area contributed by atoms with Gasteiger partial charge in [0.15, 0.2) is 5.78 Å². The van der Waals surface area contributed by atoms with Gasteiger partial charge in [0.25, 0.3) is 0 Å². The molecule has 0 saturated carbocycles. The van der Waals surface area contributed by atoms with Gasteiger partial charge in [-0.05, 0) is 44.3 Å². The van der Waals surface area contributed by atoms with Gasteiger partial charge >= 0.3 is 5.97 Å². The van der Waals surface area contributed by atoms with Crippen molar-refractivity contribution in [3.8, 4) is 0 Å². The Morgan fingerprint density at radius 3 is 2.36 bits per heavy atom. The maximum absolute atomic E-state index is 12.6. The van der Waals surface area contributed by atoms with Gasteiger partial charge in [-0.2, -0.15) is 0 Å². The molecule has 1 N–H and O–H groups in total. The molecule has 0 fully saturated rings. The second-order valence-corrected chi connectivity index (χ2v) is 7.43. The number of allylic oxidation sites excluding steroid dienone is 1. The zero-order valence-corrected chi connectivity index (χ0v) is 16.5. The van der Waals surface area contributed by atoms with E-state index in [1.54, 1.807) is 0 Å². The van der Waals surface area contributed by atoms with Crippen LogP contribution in [0.4, 0.5) is 0 Å². The number of methoxy groups -OCH3 is 1. The van der Waals surface area contributed by atoms with Crippen LogP contribution in [0.1, 0.15) is 91.4 Å². The first-order chi connectivity index (χ1) is 11.9. The highest BCUT2D eigenvalue weighted by molar-refractivity contribution is 6.01. The van der Waals surface area contributed by atoms with Crippen molar-refractivity contribution in [1.29, 1.82) is 0 Å². The number of unbranched alkanes of at least 4 members (excludes halogenated alkanes) is 6. The van der Waals surface area contributed by atoms with Crippen LogP contribution < -0.4 is 0 Å². The molecule has 0 aromatic rings. The van der Waals surface area contributed by atoms with Crippen molar-refractivity contribution in [3.63, 3.8) is 0 Å². The van der Waals surface area contributed by atoms with Crippen LogP contribution in [0.15, 0.2) is 11.1 Å². The van der Waals surface area contributed by atoms with Gasteiger partial charge in [-0.1, -0.05) is 51.9 Å². The van der Waals surface area contributed by atoms with Crippen molar-refractivity contribution < 1.29 is 19.4 Å². The first-order valence-corrected chi connectivity index (χ1v) is 9.89. The molecule has 0 radical (unpaired) electrons. The fourth-order valence-electron chi connectivity index (χ4n) is 3.88. The third-order valence-corrected chi connectivity index (χ3v) is 5.74. The van der Waals surface area contributed by atoms with Crippen molar-refractivity contribution in [2.24, 2.45) is 5.92 Å². The van der Waals surface area contributed by atoms with Gasteiger partial charge in [-0.3, -0.25) is 9.59 Å². The molecule has 0 saturated heterocycles. The van der Waals surface area contributed by atoms with Crippen LogP contribution in [0.25, 0.3) is 0 Å². The maximum Gasteiger partial charge on any atom is 0.305 e. The fourth-order valence-corrected chi connectivity index (χ4v) is 3.88. The monoisotopic (exact) mass is 352 g/mol. The lowest BCUT2D eigenvalue weighted by Gasteiger charge is -2.31. The molecule has 0 aliphatic heterocycles. The summed E-state index contributed by atoms with van der Waals surface area (Å²) in [5.74, 6) is -0.271. The van der Waals surface area contributed by atoms with Crippen molar-refractivity contribution in [2.75, 3.05) is 7.11 Å². The lowest BCUT2D eigenvalue weighted by atomic mass is 9.79. The van der Waals surface area contributed by atoms with Crippen molar-refractivity contribution >= 4 is 11.8 Å². The predicted octanol–water partition coefficient (Wildman–Crippen LogP) is 4.74. The molecule has 4 heteroatoms. The zero-order chi connectivity index (χ0) is 18.9. The summed E-state index contributed by atoms with van der Waals surface area (Å²) in [6, 6.07) is 0. The Morgan fingerprint density at radius 2 is 1.72 bits per heavy atom. The quantitative estimate of drug-likeness (QED) is 0.407. The number of ketones is 1. The van der Waals surface area contributed by atoms with E-state index in [-0.39, 0.29) is 17.7 Å². The minimum atomic E-state index is -0.929. The van der Waals surface area contributed by atoms with Crippen LogP contribution in [0.3, 0.4) is 0 Å². The highest BCUT2D eigenvalue weighted by atomic mass is 16.5. The highest BCUT2D eigenvalue weighted by Crippen LogP contribution is 2.43. The summed E-state index contributed by atoms with van der Waals surface area (Å²) >= 11 is 0. The van der Waals surface area contributed by atoms with Crippen molar-refractivity contribution in [3.05, 3.63) is 11.1 Å². The number of rotatable bonds is 12. The number of esters is 1. The van der Waals surface area contributed by atoms with Gasteiger partial charge in [-0.25, -0.2) is 0 Å². The van der Waals surface area contributed by atoms with Crippen LogP contribution in [-0.2, 0) is 14.3 Å². The molecular weight excluding hydrogens is 316 g/mol. The second-order valence-electron chi connectivity index (χ2n) is 7.43. The Labute approximate surface area is 153 Å². The Hall–Kier alpha value is -1.16. The van der Waals surface area contributed by atoms with E-state index in [0.717, 1.165) is 68.9 Å². The molecule has 2 atom stereocenters. The molecule has 144 valence electrons. The minimum absolute atomic E-state index is 0.141. The number of hydrogen-bond donors (Lipinski definition) is 1. The summed E-state index contributed by atoms with van der Waals surface area (Å²) in [4.78, 5) is 23.6. The third kappa shape index (κ3) is 5.95. The molecule has 0 heterocycles. The average Bonchev–Trinajstić information content (AvgIpc) is 2.76. The fraction of sp³-hybridized carbons (Fsp3) is 0.810. The average molecular weight is 353 g/mol. The number of hydrogen-bond acceptors (Lipinski definition) is 4. The summed E-state index contributed by atoms with van der Waals surface area (Å²) in [6.45, 7) is 5.93. The molecule has 1 aliphatic rings. The summed E-state index contributed by atoms with van der Waals surface area (Å²) in [7, 11) is 1.42. The van der Waals surface area contributed by atoms with Gasteiger partial charge in [-0.15, -0.1) is 0 Å². The van der Waals surface area contributed by atoms with E-state index in [2.05, 4.69) is 11.7 Å². The Balaban J connectivity index is 2.42. The lowest BCUT2D eigenvalue weighted by molar-refractivity contribution is -0.140. The van der Waals surface area contributed by atoms with E-state index >= 15 is 0 Å². The predicted molar refractivity (Wildman–Crippen MR) is 100 cm³/mol. The van der Waals surface area contributed by atoms with Crippen LogP contribution in [-0.4, -0.2) is 29.6 Å². The van der Waals surface area contributed by atoms with Gasteiger partial charge in [0.1, 0.15) is 0 Å². The standard InChI is InChI=1S/C21H36O4/c1-5-6-12-15-21(24)17(3)16(2)20(23)18(21)13-10-8-7-9-11-14-19(22)25-4/h18,24H,5-15H2,1-4H3/t18-,21-/m1/s1. The van der Waals surface area contributed by atoms with Gasteiger partial charge in [0.05, 0.1) is 18.6 Å². The summed E-state index contributed by atoms with van der Waals surface area (Å²) in [5, 5.41) is 11.2. The summed E-state index contributed by atoms with van der Waals surface area (Å²) in [5.41, 5.74) is 0.722. The van der Waals surface area contributed by atoms with Gasteiger partial charge in [0, 0.05) is 6.42 Å². The van der Waals surface area contributed by atoms with Crippen molar-refractivity contribution in [2.45, 2.75) is 97.0 Å². The van der Waals surface area contributed by atoms with E-state index < -0.39 is 5.60 Å². The van der Waals surface area contributed by atoms with E-state index in [4.69, 9.17) is 0 Å². The SMILES string of the molecule is CCCCC[C@@]1(O)C(C)=C(C)C(=O)[C@H]1CCCCCCCC(=O)OC. The molecule has 0 amide bonds. The number of carbonyl (C=O) groups is 2. The van der Waals surface area contributed by atoms with Gasteiger partial charge < -0.3 is 9.84 Å². The minimum Gasteiger partial charge on any atom is -0.469 e. The number of aliphatic hydroxyl groups is 1. The highest BCUT2D eigenvalue weighted by Gasteiger charge is 2.48. The van der Waals surface area contributed by atoms with E-state index in [9.17, 15) is 14.7 Å². The Morgan fingerprint density at radius 1 is 1.08 bits per heavy atom. The first-order valence-electron chi connectivity index (χ1n) is 9.89. The largest absolute Gasteiger partial charge is 0.469 e. The summed E-state index contributed by atoms with van der Waals surface area (Å²) in [6.07, 6.45) is 10.0. The molecule has 0 spiro atoms. The molecule has 4 nitrogen and oxygen atoms in total. The van der Waals surface area contributed by atoms with E-state index in [0.29, 0.717) is 12.8 Å². The smallest absolute Gasteiger partial charge is 0.305 e. The van der Waals surface area contributed by atoms with Crippen LogP contribution in [0.5, 0.6) is 0 Å². The lowest BCUT2D eigenvalue weighted by Crippen LogP contribution is -2.38. The molecule has 0 unspecified atom stereocenters. The summed E-state index contributed by atoms with van der Waals surface area (Å²) < 4.78 is 4.63. The van der Waals surface area contributed by atoms with Crippen LogP contribution in [0, 0.1) is 5.92 Å². The topological polar surface area (TPSA) is 63.6 Å². The molecule has 1 rings (SSSR count).